The van der Waals surface area contributed by atoms with E-state index < -0.39 is 0 Å². The third kappa shape index (κ3) is 4.50. The number of aryl methyl sites for hydroxylation is 1. The van der Waals surface area contributed by atoms with Gasteiger partial charge in [-0.2, -0.15) is 0 Å². The van der Waals surface area contributed by atoms with E-state index in [4.69, 9.17) is 24.7 Å². The summed E-state index contributed by atoms with van der Waals surface area (Å²) in [6.07, 6.45) is 0.818. The van der Waals surface area contributed by atoms with E-state index in [1.807, 2.05) is 12.1 Å². The quantitative estimate of drug-likeness (QED) is 0.703. The van der Waals surface area contributed by atoms with Crippen molar-refractivity contribution in [2.75, 3.05) is 39.5 Å². The molecule has 26 heavy (non-hydrogen) atoms. The maximum absolute atomic E-state index is 12.2. The number of nitrogens with two attached hydrogens (primary N) is 1. The normalized spacial score (nSPS) is 10.2. The lowest BCUT2D eigenvalue weighted by Crippen LogP contribution is -2.12. The lowest BCUT2D eigenvalue weighted by Gasteiger charge is -2.14. The van der Waals surface area contributed by atoms with Crippen LogP contribution in [0, 0.1) is 0 Å². The van der Waals surface area contributed by atoms with Gasteiger partial charge in [0, 0.05) is 12.1 Å². The molecule has 0 unspecified atom stereocenters. The Morgan fingerprint density at radius 2 is 1.54 bits per heavy atom. The fourth-order valence-corrected chi connectivity index (χ4v) is 2.57. The number of rotatable bonds is 8. The molecule has 0 atom stereocenters. The maximum atomic E-state index is 12.2. The van der Waals surface area contributed by atoms with Crippen molar-refractivity contribution in [3.8, 4) is 23.0 Å². The van der Waals surface area contributed by atoms with Crippen LogP contribution in [0.25, 0.3) is 0 Å². The lowest BCUT2D eigenvalue weighted by molar-refractivity contribution is -0.116. The highest BCUT2D eigenvalue weighted by molar-refractivity contribution is 5.91. The zero-order valence-corrected chi connectivity index (χ0v) is 15.4. The van der Waals surface area contributed by atoms with E-state index in [0.29, 0.717) is 47.2 Å². The molecule has 7 nitrogen and oxygen atoms in total. The third-order valence-electron chi connectivity index (χ3n) is 3.88. The molecule has 0 aliphatic carbocycles. The minimum atomic E-state index is -0.122. The van der Waals surface area contributed by atoms with E-state index in [1.165, 1.54) is 0 Å². The Balaban J connectivity index is 2.04. The van der Waals surface area contributed by atoms with Crippen molar-refractivity contribution >= 4 is 17.3 Å². The zero-order chi connectivity index (χ0) is 19.1. The lowest BCUT2D eigenvalue weighted by atomic mass is 10.1. The first-order chi connectivity index (χ1) is 12.5. The molecule has 0 bridgehead atoms. The Morgan fingerprint density at radius 1 is 0.923 bits per heavy atom. The van der Waals surface area contributed by atoms with Crippen LogP contribution in [-0.2, 0) is 11.2 Å². The van der Waals surface area contributed by atoms with Gasteiger partial charge < -0.3 is 30.0 Å². The van der Waals surface area contributed by atoms with E-state index >= 15 is 0 Å². The van der Waals surface area contributed by atoms with Gasteiger partial charge >= 0.3 is 0 Å². The summed E-state index contributed by atoms with van der Waals surface area (Å²) in [5.41, 5.74) is 7.85. The first-order valence-electron chi connectivity index (χ1n) is 8.04. The second-order valence-electron chi connectivity index (χ2n) is 5.54. The van der Waals surface area contributed by atoms with E-state index in [-0.39, 0.29) is 5.91 Å². The summed E-state index contributed by atoms with van der Waals surface area (Å²) in [6.45, 7) is 0. The van der Waals surface area contributed by atoms with E-state index in [2.05, 4.69) is 5.32 Å². The SMILES string of the molecule is COc1ccc(NC(=O)CCc2cc(OC)c(OC)c(OC)c2)cc1N. The molecule has 0 aliphatic rings. The van der Waals surface area contributed by atoms with Crippen LogP contribution < -0.4 is 30.0 Å². The van der Waals surface area contributed by atoms with Crippen molar-refractivity contribution in [2.24, 2.45) is 0 Å². The number of benzene rings is 2. The van der Waals surface area contributed by atoms with Crippen LogP contribution >= 0.6 is 0 Å². The molecule has 0 saturated carbocycles. The summed E-state index contributed by atoms with van der Waals surface area (Å²) in [7, 11) is 6.21. The minimum Gasteiger partial charge on any atom is -0.495 e. The Kier molecular flexibility index (Phi) is 6.54. The number of anilines is 2. The third-order valence-corrected chi connectivity index (χ3v) is 3.88. The van der Waals surface area contributed by atoms with Crippen molar-refractivity contribution in [1.82, 2.24) is 0 Å². The predicted octanol–water partition coefficient (Wildman–Crippen LogP) is 2.87. The Labute approximate surface area is 153 Å². The Morgan fingerprint density at radius 3 is 2.04 bits per heavy atom. The van der Waals surface area contributed by atoms with Crippen molar-refractivity contribution in [3.05, 3.63) is 35.9 Å². The number of nitrogen functional groups attached to an aromatic ring is 1. The van der Waals surface area contributed by atoms with Gasteiger partial charge in [-0.25, -0.2) is 0 Å². The van der Waals surface area contributed by atoms with Gasteiger partial charge in [0.15, 0.2) is 11.5 Å². The molecule has 7 heteroatoms. The molecule has 2 aromatic rings. The standard InChI is InChI=1S/C19H24N2O5/c1-23-15-7-6-13(11-14(15)20)21-18(22)8-5-12-9-16(24-2)19(26-4)17(10-12)25-3/h6-7,9-11H,5,8,20H2,1-4H3,(H,21,22). The highest BCUT2D eigenvalue weighted by Gasteiger charge is 2.14. The van der Waals surface area contributed by atoms with E-state index in [9.17, 15) is 4.79 Å². The van der Waals surface area contributed by atoms with Crippen LogP contribution in [0.5, 0.6) is 23.0 Å². The molecule has 0 fully saturated rings. The molecular weight excluding hydrogens is 336 g/mol. The monoisotopic (exact) mass is 360 g/mol. The molecular formula is C19H24N2O5. The molecule has 2 rings (SSSR count). The average Bonchev–Trinajstić information content (AvgIpc) is 2.65. The van der Waals surface area contributed by atoms with Crippen LogP contribution in [0.1, 0.15) is 12.0 Å². The number of carbonyl (C=O) groups excluding carboxylic acids is 1. The van der Waals surface area contributed by atoms with Crippen molar-refractivity contribution in [3.63, 3.8) is 0 Å². The van der Waals surface area contributed by atoms with Crippen LogP contribution in [0.15, 0.2) is 30.3 Å². The number of methoxy groups -OCH3 is 4. The summed E-state index contributed by atoms with van der Waals surface area (Å²) in [6, 6.07) is 8.78. The smallest absolute Gasteiger partial charge is 0.224 e. The fraction of sp³-hybridized carbons (Fsp3) is 0.316. The number of carbonyl (C=O) groups is 1. The largest absolute Gasteiger partial charge is 0.495 e. The summed E-state index contributed by atoms with van der Waals surface area (Å²) >= 11 is 0. The number of ether oxygens (including phenoxy) is 4. The average molecular weight is 360 g/mol. The van der Waals surface area contributed by atoms with Gasteiger partial charge in [-0.05, 0) is 42.3 Å². The number of amides is 1. The van der Waals surface area contributed by atoms with Gasteiger partial charge in [-0.1, -0.05) is 0 Å². The molecule has 0 heterocycles. The number of hydrogen-bond donors (Lipinski definition) is 2. The first-order valence-corrected chi connectivity index (χ1v) is 8.04. The second-order valence-corrected chi connectivity index (χ2v) is 5.54. The molecule has 0 spiro atoms. The maximum Gasteiger partial charge on any atom is 0.224 e. The van der Waals surface area contributed by atoms with Gasteiger partial charge in [0.2, 0.25) is 11.7 Å². The highest BCUT2D eigenvalue weighted by atomic mass is 16.5. The highest BCUT2D eigenvalue weighted by Crippen LogP contribution is 2.38. The summed E-state index contributed by atoms with van der Waals surface area (Å²) in [5, 5.41) is 2.82. The second kappa shape index (κ2) is 8.84. The van der Waals surface area contributed by atoms with Gasteiger partial charge in [0.1, 0.15) is 5.75 Å². The Hall–Kier alpha value is -3.09. The molecule has 3 N–H and O–H groups in total. The van der Waals surface area contributed by atoms with E-state index in [1.54, 1.807) is 46.6 Å². The molecule has 1 amide bonds. The van der Waals surface area contributed by atoms with Crippen molar-refractivity contribution < 1.29 is 23.7 Å². The van der Waals surface area contributed by atoms with Crippen LogP contribution in [-0.4, -0.2) is 34.3 Å². The summed E-state index contributed by atoms with van der Waals surface area (Å²) in [5.74, 6) is 2.09. The molecule has 0 radical (unpaired) electrons. The van der Waals surface area contributed by atoms with Gasteiger partial charge in [-0.3, -0.25) is 4.79 Å². The molecule has 0 aromatic heterocycles. The minimum absolute atomic E-state index is 0.122. The zero-order valence-electron chi connectivity index (χ0n) is 15.4. The Bertz CT molecular complexity index is 752. The van der Waals surface area contributed by atoms with E-state index in [0.717, 1.165) is 5.56 Å². The number of nitrogens with one attached hydrogen (secondary N) is 1. The van der Waals surface area contributed by atoms with Gasteiger partial charge in [-0.15, -0.1) is 0 Å². The summed E-state index contributed by atoms with van der Waals surface area (Å²) < 4.78 is 21.0. The van der Waals surface area contributed by atoms with Crippen LogP contribution in [0.2, 0.25) is 0 Å². The molecule has 2 aromatic carbocycles. The first kappa shape index (κ1) is 19.2. The van der Waals surface area contributed by atoms with Crippen LogP contribution in [0.4, 0.5) is 11.4 Å². The molecule has 0 saturated heterocycles. The molecule has 140 valence electrons. The molecule has 0 aliphatic heterocycles. The fourth-order valence-electron chi connectivity index (χ4n) is 2.57. The van der Waals surface area contributed by atoms with Gasteiger partial charge in [0.05, 0.1) is 34.1 Å². The van der Waals surface area contributed by atoms with Crippen molar-refractivity contribution in [1.29, 1.82) is 0 Å². The van der Waals surface area contributed by atoms with Gasteiger partial charge in [0.25, 0.3) is 0 Å². The van der Waals surface area contributed by atoms with Crippen LogP contribution in [0.3, 0.4) is 0 Å². The predicted molar refractivity (Wildman–Crippen MR) is 100 cm³/mol. The topological polar surface area (TPSA) is 92.0 Å². The summed E-state index contributed by atoms with van der Waals surface area (Å²) in [4.78, 5) is 12.2. The van der Waals surface area contributed by atoms with Crippen molar-refractivity contribution in [2.45, 2.75) is 12.8 Å². The number of hydrogen-bond acceptors (Lipinski definition) is 6.